The monoisotopic (exact) mass is 1840 g/mol. The van der Waals surface area contributed by atoms with Crippen molar-refractivity contribution in [1.29, 1.82) is 0 Å². The zero-order chi connectivity index (χ0) is 95.2. The van der Waals surface area contributed by atoms with E-state index in [0.29, 0.717) is 52.5 Å². The standard InChI is InChI=1S/C46H27N3O.C43H27N5.C42H30N4/c1-3-13-28(14-4-1)43-47-44(29-15-5-2-6-16-29)49-45(48-43)30-23-24-35-39(27-30)46(36-20-10-7-17-31(36)32-18-8-11-21-37(32)46)38-26-25-34-33-19-9-12-22-40(33)50-42(34)41(35)38;1-4-14-28(15-5-1)41-44-42(29-16-6-2-7-17-29)46-43(45-41)48-36-23-13-11-21-34(36)40-32-24-26-37-39(31(32)25-27-38(40)48)33-20-10-12-22-35(33)47(37)30-18-8-3-9-19-30;1-42(2)35-19-11-9-17-31(35)33-26-38-34(25-36(33)42)32-18-10-12-20-37(32)46(38)30-23-21-29(22-24-30)41-44-39(27-13-5-3-6-14-27)43-40(45-41)28-15-7-4-8-16-28/h1-27H;1-27H;3-26H,1-2H3. The molecule has 0 N–H and O–H groups in total. The Labute approximate surface area is 828 Å². The maximum absolute atomic E-state index is 6.74. The maximum Gasteiger partial charge on any atom is 0.238 e. The average molecular weight is 1840 g/mol. The van der Waals surface area contributed by atoms with Crippen LogP contribution in [0.4, 0.5) is 0 Å². The van der Waals surface area contributed by atoms with Crippen LogP contribution < -0.4 is 0 Å². The summed E-state index contributed by atoms with van der Waals surface area (Å²) in [5.41, 5.74) is 33.2. The van der Waals surface area contributed by atoms with Gasteiger partial charge in [-0.2, -0.15) is 9.97 Å². The van der Waals surface area contributed by atoms with Crippen molar-refractivity contribution < 1.29 is 4.42 Å². The van der Waals surface area contributed by atoms with Gasteiger partial charge < -0.3 is 13.6 Å². The Bertz CT molecular complexity index is 9630. The second kappa shape index (κ2) is 33.3. The van der Waals surface area contributed by atoms with Crippen LogP contribution in [-0.4, -0.2) is 58.6 Å². The van der Waals surface area contributed by atoms with Crippen molar-refractivity contribution in [1.82, 2.24) is 58.6 Å². The highest BCUT2D eigenvalue weighted by atomic mass is 16.3. The fourth-order valence-corrected chi connectivity index (χ4v) is 22.9. The predicted octanol–water partition coefficient (Wildman–Crippen LogP) is 31.9. The Morgan fingerprint density at radius 1 is 0.194 bits per heavy atom. The Hall–Kier alpha value is -19.1. The lowest BCUT2D eigenvalue weighted by molar-refractivity contribution is 0.661. The van der Waals surface area contributed by atoms with Crippen LogP contribution in [-0.2, 0) is 10.8 Å². The second-order valence-corrected chi connectivity index (χ2v) is 37.7. The van der Waals surface area contributed by atoms with Crippen LogP contribution in [0.3, 0.4) is 0 Å². The summed E-state index contributed by atoms with van der Waals surface area (Å²) in [6, 6.07) is 166. The third-order valence-corrected chi connectivity index (χ3v) is 29.4. The predicted molar refractivity (Wildman–Crippen MR) is 585 cm³/mol. The lowest BCUT2D eigenvalue weighted by Crippen LogP contribution is -2.25. The Morgan fingerprint density at radius 3 is 1.04 bits per heavy atom. The van der Waals surface area contributed by atoms with Gasteiger partial charge in [-0.15, -0.1) is 0 Å². The maximum atomic E-state index is 6.74. The molecule has 1 spiro atoms. The highest BCUT2D eigenvalue weighted by Gasteiger charge is 2.53. The SMILES string of the molecule is CC1(C)c2ccccc2-c2cc3c(cc21)c1ccccc1n3-c1ccc(-c2nc(-c3ccccc3)nc(-c3ccccc3)n2)cc1.c1ccc(-c2nc(-c3ccccc3)nc(-c3ccc4c(c3)C3(c5ccccc5-c5ccccc53)c3ccc5c(oc6ccccc65)c3-4)n2)cc1.c1ccc(-c2nc(-c3ccccc3)nc(-n3c4ccccc4c4c5ccc6c(c5ccc43)c3ccccc3n6-c3ccccc3)n2)cc1. The van der Waals surface area contributed by atoms with Crippen LogP contribution in [0.15, 0.2) is 478 Å². The quantitative estimate of drug-likeness (QED) is 0.123. The van der Waals surface area contributed by atoms with Gasteiger partial charge in [0.2, 0.25) is 5.95 Å². The van der Waals surface area contributed by atoms with Gasteiger partial charge in [-0.25, -0.2) is 34.9 Å². The van der Waals surface area contributed by atoms with E-state index in [0.717, 1.165) is 99.8 Å². The molecule has 7 heterocycles. The molecule has 0 unspecified atom stereocenters. The first-order valence-corrected chi connectivity index (χ1v) is 48.8. The topological polar surface area (TPSA) is 144 Å². The van der Waals surface area contributed by atoms with Crippen molar-refractivity contribution in [2.24, 2.45) is 0 Å². The minimum absolute atomic E-state index is 0.0489. The number of para-hydroxylation sites is 5. The van der Waals surface area contributed by atoms with Gasteiger partial charge in [0.25, 0.3) is 0 Å². The normalized spacial score (nSPS) is 12.8. The molecule has 27 aromatic rings. The van der Waals surface area contributed by atoms with E-state index in [4.69, 9.17) is 49.3 Å². The fourth-order valence-electron chi connectivity index (χ4n) is 22.9. The summed E-state index contributed by atoms with van der Waals surface area (Å²) in [6.07, 6.45) is 0. The van der Waals surface area contributed by atoms with E-state index >= 15 is 0 Å². The fraction of sp³-hybridized carbons (Fsp3) is 0.0305. The smallest absolute Gasteiger partial charge is 0.238 e. The van der Waals surface area contributed by atoms with Gasteiger partial charge >= 0.3 is 0 Å². The molecule has 30 rings (SSSR count). The van der Waals surface area contributed by atoms with Gasteiger partial charge in [0.15, 0.2) is 46.6 Å². The molecule has 144 heavy (non-hydrogen) atoms. The summed E-state index contributed by atoms with van der Waals surface area (Å²) in [5.74, 6) is 5.78. The zero-order valence-corrected chi connectivity index (χ0v) is 78.3. The summed E-state index contributed by atoms with van der Waals surface area (Å²) in [7, 11) is 0. The van der Waals surface area contributed by atoms with Crippen molar-refractivity contribution in [3.05, 3.63) is 507 Å². The molecule has 674 valence electrons. The number of furan rings is 1. The molecule has 0 atom stereocenters. The van der Waals surface area contributed by atoms with E-state index in [2.05, 4.69) is 313 Å². The largest absolute Gasteiger partial charge is 0.455 e. The Morgan fingerprint density at radius 2 is 0.549 bits per heavy atom. The molecule has 13 heteroatoms. The average Bonchev–Trinajstić information content (AvgIpc) is 1.50. The molecule has 0 bridgehead atoms. The lowest BCUT2D eigenvalue weighted by Gasteiger charge is -2.30. The number of rotatable bonds is 11. The molecule has 0 saturated heterocycles. The third-order valence-electron chi connectivity index (χ3n) is 29.4. The van der Waals surface area contributed by atoms with Crippen LogP contribution in [0.5, 0.6) is 0 Å². The highest BCUT2D eigenvalue weighted by molar-refractivity contribution is 6.30. The van der Waals surface area contributed by atoms with E-state index in [9.17, 15) is 0 Å². The summed E-state index contributed by atoms with van der Waals surface area (Å²) in [5, 5.41) is 12.0. The summed E-state index contributed by atoms with van der Waals surface area (Å²) in [6.45, 7) is 4.68. The molecule has 0 amide bonds. The number of nitrogens with zero attached hydrogens (tertiary/aromatic N) is 12. The summed E-state index contributed by atoms with van der Waals surface area (Å²) >= 11 is 0. The molecular formula is C131H84N12O. The van der Waals surface area contributed by atoms with Crippen LogP contribution in [0.2, 0.25) is 0 Å². The second-order valence-electron chi connectivity index (χ2n) is 37.7. The molecule has 3 aliphatic rings. The van der Waals surface area contributed by atoms with Crippen LogP contribution >= 0.6 is 0 Å². The van der Waals surface area contributed by atoms with Crippen LogP contribution in [0.1, 0.15) is 47.2 Å². The van der Waals surface area contributed by atoms with Gasteiger partial charge in [-0.1, -0.05) is 396 Å². The van der Waals surface area contributed by atoms with Crippen LogP contribution in [0, 0.1) is 0 Å². The molecule has 7 aromatic heterocycles. The minimum atomic E-state index is -0.543. The summed E-state index contributed by atoms with van der Waals surface area (Å²) in [4.78, 5) is 45.1. The van der Waals surface area contributed by atoms with Gasteiger partial charge in [-0.3, -0.25) is 4.57 Å². The van der Waals surface area contributed by atoms with Crippen molar-refractivity contribution in [3.8, 4) is 142 Å². The molecule has 13 nitrogen and oxygen atoms in total. The number of fused-ring (bicyclic) bond motifs is 29. The highest BCUT2D eigenvalue weighted by Crippen LogP contribution is 2.65. The van der Waals surface area contributed by atoms with E-state index in [1.54, 1.807) is 0 Å². The molecular weight excluding hydrogens is 1760 g/mol. The Balaban J connectivity index is 0.000000105. The molecule has 0 aliphatic heterocycles. The van der Waals surface area contributed by atoms with Crippen molar-refractivity contribution in [2.45, 2.75) is 24.7 Å². The molecule has 0 radical (unpaired) electrons. The van der Waals surface area contributed by atoms with Crippen molar-refractivity contribution >= 4 is 98.1 Å². The van der Waals surface area contributed by atoms with E-state index in [1.807, 2.05) is 188 Å². The molecule has 20 aromatic carbocycles. The zero-order valence-electron chi connectivity index (χ0n) is 78.3. The van der Waals surface area contributed by atoms with Gasteiger partial charge in [0, 0.05) is 110 Å². The number of aromatic nitrogens is 12. The molecule has 0 saturated carbocycles. The van der Waals surface area contributed by atoms with E-state index < -0.39 is 5.41 Å². The first-order valence-electron chi connectivity index (χ1n) is 48.8. The number of hydrogen-bond donors (Lipinski definition) is 0. The summed E-state index contributed by atoms with van der Waals surface area (Å²) < 4.78 is 13.7. The van der Waals surface area contributed by atoms with Gasteiger partial charge in [0.05, 0.1) is 38.5 Å². The molecule has 0 fully saturated rings. The number of benzene rings is 20. The first-order chi connectivity index (χ1) is 71.2. The lowest BCUT2D eigenvalue weighted by atomic mass is 9.70. The van der Waals surface area contributed by atoms with E-state index in [1.165, 1.54) is 121 Å². The third kappa shape index (κ3) is 13.2. The van der Waals surface area contributed by atoms with Crippen molar-refractivity contribution in [3.63, 3.8) is 0 Å². The Kier molecular flexibility index (Phi) is 19.2. The first kappa shape index (κ1) is 83.1. The number of hydrogen-bond acceptors (Lipinski definition) is 10. The van der Waals surface area contributed by atoms with E-state index in [-0.39, 0.29) is 5.41 Å². The minimum Gasteiger partial charge on any atom is -0.455 e. The molecule has 3 aliphatic carbocycles. The van der Waals surface area contributed by atoms with Gasteiger partial charge in [0.1, 0.15) is 11.2 Å². The van der Waals surface area contributed by atoms with Crippen LogP contribution in [0.25, 0.3) is 240 Å². The van der Waals surface area contributed by atoms with Crippen molar-refractivity contribution in [2.75, 3.05) is 0 Å². The van der Waals surface area contributed by atoms with Gasteiger partial charge in [-0.05, 0) is 163 Å².